The number of aryl methyl sites for hydroxylation is 2. The lowest BCUT2D eigenvalue weighted by atomic mass is 9.76. The van der Waals surface area contributed by atoms with Gasteiger partial charge < -0.3 is 4.57 Å². The summed E-state index contributed by atoms with van der Waals surface area (Å²) in [5, 5.41) is 2.12. The maximum Gasteiger partial charge on any atom is 0.165 e. The van der Waals surface area contributed by atoms with E-state index in [0.29, 0.717) is 12.2 Å². The standard InChI is InChI=1S/C17H21NOS/c1-12-9-14-15(10-17(2,3)11-16(14)19)18(12)7-6-13-5-4-8-20-13/h4-5,8-9H,6-7,10-11H2,1-3H3. The zero-order valence-corrected chi connectivity index (χ0v) is 13.2. The lowest BCUT2D eigenvalue weighted by Crippen LogP contribution is -2.28. The highest BCUT2D eigenvalue weighted by Crippen LogP contribution is 2.36. The zero-order valence-electron chi connectivity index (χ0n) is 12.4. The van der Waals surface area contributed by atoms with Gasteiger partial charge in [-0.1, -0.05) is 19.9 Å². The Morgan fingerprint density at radius 1 is 1.35 bits per heavy atom. The van der Waals surface area contributed by atoms with E-state index in [2.05, 4.69) is 48.9 Å². The van der Waals surface area contributed by atoms with Crippen LogP contribution in [0.1, 0.15) is 46.9 Å². The van der Waals surface area contributed by atoms with Gasteiger partial charge in [0.05, 0.1) is 0 Å². The summed E-state index contributed by atoms with van der Waals surface area (Å²) in [5.41, 5.74) is 3.53. The Balaban J connectivity index is 1.90. The third kappa shape index (κ3) is 2.47. The van der Waals surface area contributed by atoms with E-state index < -0.39 is 0 Å². The average Bonchev–Trinajstić information content (AvgIpc) is 2.94. The maximum atomic E-state index is 12.3. The highest BCUT2D eigenvalue weighted by molar-refractivity contribution is 7.09. The first kappa shape index (κ1) is 13.6. The van der Waals surface area contributed by atoms with Gasteiger partial charge in [-0.15, -0.1) is 11.3 Å². The zero-order chi connectivity index (χ0) is 14.3. The number of aromatic nitrogens is 1. The molecule has 0 spiro atoms. The number of thiophene rings is 1. The van der Waals surface area contributed by atoms with E-state index in [1.165, 1.54) is 16.3 Å². The number of fused-ring (bicyclic) bond motifs is 1. The third-order valence-corrected chi connectivity index (χ3v) is 5.10. The van der Waals surface area contributed by atoms with Crippen molar-refractivity contribution in [3.63, 3.8) is 0 Å². The number of Topliss-reactive ketones (excluding diaryl/α,β-unsaturated/α-hetero) is 1. The summed E-state index contributed by atoms with van der Waals surface area (Å²) >= 11 is 1.81. The molecule has 0 amide bonds. The topological polar surface area (TPSA) is 22.0 Å². The summed E-state index contributed by atoms with van der Waals surface area (Å²) in [7, 11) is 0. The molecule has 0 unspecified atom stereocenters. The molecule has 0 atom stereocenters. The van der Waals surface area contributed by atoms with Crippen LogP contribution in [0.2, 0.25) is 0 Å². The summed E-state index contributed by atoms with van der Waals surface area (Å²) in [6.07, 6.45) is 2.73. The molecule has 0 aliphatic heterocycles. The number of carbonyl (C=O) groups is 1. The van der Waals surface area contributed by atoms with Crippen LogP contribution in [0.4, 0.5) is 0 Å². The van der Waals surface area contributed by atoms with Crippen LogP contribution in [0.15, 0.2) is 23.6 Å². The first-order valence-corrected chi connectivity index (χ1v) is 8.09. The van der Waals surface area contributed by atoms with Gasteiger partial charge in [-0.3, -0.25) is 4.79 Å². The van der Waals surface area contributed by atoms with Crippen molar-refractivity contribution < 1.29 is 4.79 Å². The number of hydrogen-bond acceptors (Lipinski definition) is 2. The van der Waals surface area contributed by atoms with Crippen LogP contribution in [0.3, 0.4) is 0 Å². The fraction of sp³-hybridized carbons (Fsp3) is 0.471. The van der Waals surface area contributed by atoms with Gasteiger partial charge in [0.15, 0.2) is 5.78 Å². The molecule has 0 bridgehead atoms. The second-order valence-corrected chi connectivity index (χ2v) is 7.60. The van der Waals surface area contributed by atoms with Crippen LogP contribution in [0, 0.1) is 12.3 Å². The molecule has 106 valence electrons. The molecule has 20 heavy (non-hydrogen) atoms. The molecule has 2 heterocycles. The van der Waals surface area contributed by atoms with Gasteiger partial charge in [0, 0.05) is 34.8 Å². The fourth-order valence-electron chi connectivity index (χ4n) is 3.19. The minimum atomic E-state index is 0.0928. The summed E-state index contributed by atoms with van der Waals surface area (Å²) in [5.74, 6) is 0.314. The highest BCUT2D eigenvalue weighted by Gasteiger charge is 2.33. The molecular weight excluding hydrogens is 266 g/mol. The average molecular weight is 287 g/mol. The molecule has 0 N–H and O–H groups in total. The summed E-state index contributed by atoms with van der Waals surface area (Å²) < 4.78 is 2.36. The van der Waals surface area contributed by atoms with E-state index in [1.54, 1.807) is 0 Å². The van der Waals surface area contributed by atoms with Crippen molar-refractivity contribution in [1.29, 1.82) is 0 Å². The van der Waals surface area contributed by atoms with Crippen molar-refractivity contribution in [3.05, 3.63) is 45.4 Å². The van der Waals surface area contributed by atoms with Crippen molar-refractivity contribution >= 4 is 17.1 Å². The van der Waals surface area contributed by atoms with E-state index in [0.717, 1.165) is 24.9 Å². The van der Waals surface area contributed by atoms with Gasteiger partial charge in [-0.25, -0.2) is 0 Å². The van der Waals surface area contributed by atoms with Crippen molar-refractivity contribution in [1.82, 2.24) is 4.57 Å². The largest absolute Gasteiger partial charge is 0.348 e. The van der Waals surface area contributed by atoms with Crippen molar-refractivity contribution in [3.8, 4) is 0 Å². The van der Waals surface area contributed by atoms with Gasteiger partial charge in [0.25, 0.3) is 0 Å². The third-order valence-electron chi connectivity index (χ3n) is 4.16. The summed E-state index contributed by atoms with van der Waals surface area (Å²) in [4.78, 5) is 13.7. The Kier molecular flexibility index (Phi) is 3.33. The van der Waals surface area contributed by atoms with Gasteiger partial charge in [-0.05, 0) is 42.7 Å². The van der Waals surface area contributed by atoms with E-state index in [9.17, 15) is 4.79 Å². The van der Waals surface area contributed by atoms with E-state index in [1.807, 2.05) is 11.3 Å². The molecule has 0 radical (unpaired) electrons. The second-order valence-electron chi connectivity index (χ2n) is 6.57. The normalized spacial score (nSPS) is 17.2. The fourth-order valence-corrected chi connectivity index (χ4v) is 3.89. The SMILES string of the molecule is Cc1cc2c(n1CCc1cccs1)CC(C)(C)CC2=O. The van der Waals surface area contributed by atoms with Gasteiger partial charge >= 0.3 is 0 Å². The summed E-state index contributed by atoms with van der Waals surface area (Å²) in [6, 6.07) is 6.37. The first-order chi connectivity index (χ1) is 9.46. The van der Waals surface area contributed by atoms with Crippen LogP contribution in [0.5, 0.6) is 0 Å². The van der Waals surface area contributed by atoms with Gasteiger partial charge in [0.2, 0.25) is 0 Å². The second kappa shape index (κ2) is 4.88. The lowest BCUT2D eigenvalue weighted by Gasteiger charge is -2.29. The smallest absolute Gasteiger partial charge is 0.165 e. The molecule has 0 saturated heterocycles. The molecule has 0 fully saturated rings. The minimum absolute atomic E-state index is 0.0928. The van der Waals surface area contributed by atoms with Gasteiger partial charge in [0.1, 0.15) is 0 Å². The van der Waals surface area contributed by atoms with E-state index in [4.69, 9.17) is 0 Å². The Labute approximate surface area is 124 Å². The van der Waals surface area contributed by atoms with Crippen molar-refractivity contribution in [2.24, 2.45) is 5.41 Å². The van der Waals surface area contributed by atoms with Crippen molar-refractivity contribution in [2.45, 2.75) is 46.6 Å². The van der Waals surface area contributed by atoms with Crippen molar-refractivity contribution in [2.75, 3.05) is 0 Å². The molecule has 2 aromatic heterocycles. The molecule has 0 aromatic carbocycles. The van der Waals surface area contributed by atoms with E-state index >= 15 is 0 Å². The first-order valence-electron chi connectivity index (χ1n) is 7.21. The maximum absolute atomic E-state index is 12.3. The molecular formula is C17H21NOS. The van der Waals surface area contributed by atoms with Crippen LogP contribution in [0.25, 0.3) is 0 Å². The monoisotopic (exact) mass is 287 g/mol. The quantitative estimate of drug-likeness (QED) is 0.827. The molecule has 3 rings (SSSR count). The highest BCUT2D eigenvalue weighted by atomic mass is 32.1. The number of carbonyl (C=O) groups excluding carboxylic acids is 1. The van der Waals surface area contributed by atoms with Gasteiger partial charge in [-0.2, -0.15) is 0 Å². The number of nitrogens with zero attached hydrogens (tertiary/aromatic N) is 1. The molecule has 1 aliphatic carbocycles. The molecule has 0 saturated carbocycles. The molecule has 3 heteroatoms. The van der Waals surface area contributed by atoms with Crippen LogP contribution in [-0.2, 0) is 19.4 Å². The summed E-state index contributed by atoms with van der Waals surface area (Å²) in [6.45, 7) is 7.48. The Hall–Kier alpha value is -1.35. The Morgan fingerprint density at radius 3 is 2.85 bits per heavy atom. The van der Waals surface area contributed by atoms with E-state index in [-0.39, 0.29) is 5.41 Å². The number of rotatable bonds is 3. The number of ketones is 1. The predicted molar refractivity (Wildman–Crippen MR) is 83.6 cm³/mol. The lowest BCUT2D eigenvalue weighted by molar-refractivity contribution is 0.0910. The predicted octanol–water partition coefficient (Wildman–Crippen LogP) is 4.26. The number of hydrogen-bond donors (Lipinski definition) is 0. The molecule has 1 aliphatic rings. The Morgan fingerprint density at radius 2 is 2.15 bits per heavy atom. The minimum Gasteiger partial charge on any atom is -0.348 e. The molecule has 2 nitrogen and oxygen atoms in total. The van der Waals surface area contributed by atoms with Crippen LogP contribution < -0.4 is 0 Å². The molecule has 2 aromatic rings. The van der Waals surface area contributed by atoms with Crippen LogP contribution in [-0.4, -0.2) is 10.4 Å². The Bertz CT molecular complexity index is 634. The van der Waals surface area contributed by atoms with Crippen LogP contribution >= 0.6 is 11.3 Å².